The lowest BCUT2D eigenvalue weighted by molar-refractivity contribution is 0.102. The molecule has 1 heterocycles. The van der Waals surface area contributed by atoms with E-state index in [4.69, 9.17) is 4.74 Å². The van der Waals surface area contributed by atoms with Gasteiger partial charge < -0.3 is 10.1 Å². The maximum absolute atomic E-state index is 12.0. The summed E-state index contributed by atoms with van der Waals surface area (Å²) in [7, 11) is 0. The van der Waals surface area contributed by atoms with Crippen molar-refractivity contribution in [2.24, 2.45) is 0 Å². The first-order valence-corrected chi connectivity index (χ1v) is 6.55. The predicted octanol–water partition coefficient (Wildman–Crippen LogP) is 3.85. The fraction of sp³-hybridized carbons (Fsp3) is 0.250. The average Bonchev–Trinajstić information content (AvgIpc) is 2.42. The van der Waals surface area contributed by atoms with E-state index in [1.165, 1.54) is 0 Å². The summed E-state index contributed by atoms with van der Waals surface area (Å²) in [6.45, 7) is 5.93. The largest absolute Gasteiger partial charge is 0.491 e. The van der Waals surface area contributed by atoms with Crippen molar-refractivity contribution in [3.05, 3.63) is 53.9 Å². The Labute approximate surface area is 131 Å². The maximum atomic E-state index is 12.0. The highest BCUT2D eigenvalue weighted by Gasteiger charge is 2.07. The van der Waals surface area contributed by atoms with E-state index in [1.807, 2.05) is 39.0 Å². The van der Waals surface area contributed by atoms with Crippen LogP contribution in [0.3, 0.4) is 0 Å². The minimum atomic E-state index is -0.149. The van der Waals surface area contributed by atoms with Crippen LogP contribution in [0.15, 0.2) is 42.7 Å². The van der Waals surface area contributed by atoms with Gasteiger partial charge in [-0.15, -0.1) is 12.4 Å². The van der Waals surface area contributed by atoms with Crippen LogP contribution in [-0.4, -0.2) is 17.0 Å². The SMILES string of the molecule is Cc1cc(NC(=O)c2ccncc2)ccc1OC(C)C.Cl. The number of anilines is 1. The average molecular weight is 307 g/mol. The Morgan fingerprint density at radius 1 is 1.19 bits per heavy atom. The summed E-state index contributed by atoms with van der Waals surface area (Å²) in [5.74, 6) is 0.686. The van der Waals surface area contributed by atoms with Crippen LogP contribution in [0.2, 0.25) is 0 Å². The molecule has 0 saturated carbocycles. The zero-order valence-corrected chi connectivity index (χ0v) is 13.1. The second-order valence-electron chi connectivity index (χ2n) is 4.84. The molecule has 0 aliphatic heterocycles. The van der Waals surface area contributed by atoms with Gasteiger partial charge in [-0.3, -0.25) is 9.78 Å². The van der Waals surface area contributed by atoms with Gasteiger partial charge in [0.1, 0.15) is 5.75 Å². The number of amides is 1. The third kappa shape index (κ3) is 4.76. The molecule has 0 saturated heterocycles. The van der Waals surface area contributed by atoms with E-state index >= 15 is 0 Å². The number of hydrogen-bond acceptors (Lipinski definition) is 3. The number of nitrogens with one attached hydrogen (secondary N) is 1. The Kier molecular flexibility index (Phi) is 6.18. The summed E-state index contributed by atoms with van der Waals surface area (Å²) >= 11 is 0. The molecule has 4 nitrogen and oxygen atoms in total. The first-order valence-electron chi connectivity index (χ1n) is 6.55. The van der Waals surface area contributed by atoms with Gasteiger partial charge in [-0.25, -0.2) is 0 Å². The molecule has 0 bridgehead atoms. The molecule has 1 N–H and O–H groups in total. The van der Waals surface area contributed by atoms with Gasteiger partial charge in [0.25, 0.3) is 5.91 Å². The Hall–Kier alpha value is -2.07. The number of ether oxygens (including phenoxy) is 1. The Morgan fingerprint density at radius 2 is 1.86 bits per heavy atom. The van der Waals surface area contributed by atoms with E-state index in [2.05, 4.69) is 10.3 Å². The summed E-state index contributed by atoms with van der Waals surface area (Å²) < 4.78 is 5.67. The molecule has 0 unspecified atom stereocenters. The Balaban J connectivity index is 0.00000220. The lowest BCUT2D eigenvalue weighted by atomic mass is 10.2. The Morgan fingerprint density at radius 3 is 2.43 bits per heavy atom. The van der Waals surface area contributed by atoms with E-state index in [0.717, 1.165) is 17.0 Å². The van der Waals surface area contributed by atoms with Crippen LogP contribution in [0.1, 0.15) is 29.8 Å². The van der Waals surface area contributed by atoms with Gasteiger partial charge in [-0.2, -0.15) is 0 Å². The number of pyridine rings is 1. The predicted molar refractivity (Wildman–Crippen MR) is 86.4 cm³/mol. The molecule has 0 fully saturated rings. The molecule has 1 aromatic heterocycles. The lowest BCUT2D eigenvalue weighted by Crippen LogP contribution is -2.12. The van der Waals surface area contributed by atoms with Crippen molar-refractivity contribution in [2.45, 2.75) is 26.9 Å². The highest BCUT2D eigenvalue weighted by molar-refractivity contribution is 6.04. The number of aryl methyl sites for hydroxylation is 1. The molecule has 1 amide bonds. The third-order valence-corrected chi connectivity index (χ3v) is 2.74. The van der Waals surface area contributed by atoms with Gasteiger partial charge in [-0.1, -0.05) is 0 Å². The van der Waals surface area contributed by atoms with Gasteiger partial charge in [-0.05, 0) is 56.7 Å². The van der Waals surface area contributed by atoms with Gasteiger partial charge in [0, 0.05) is 23.6 Å². The van der Waals surface area contributed by atoms with Crippen molar-refractivity contribution < 1.29 is 9.53 Å². The number of nitrogens with zero attached hydrogens (tertiary/aromatic N) is 1. The normalized spacial score (nSPS) is 9.90. The van der Waals surface area contributed by atoms with E-state index in [0.29, 0.717) is 5.56 Å². The standard InChI is InChI=1S/C16H18N2O2.ClH/c1-11(2)20-15-5-4-14(10-12(15)3)18-16(19)13-6-8-17-9-7-13;/h4-11H,1-3H3,(H,18,19);1H. The fourth-order valence-corrected chi connectivity index (χ4v) is 1.82. The number of benzene rings is 1. The van der Waals surface area contributed by atoms with Crippen molar-refractivity contribution in [3.63, 3.8) is 0 Å². The first kappa shape index (κ1) is 17.0. The van der Waals surface area contributed by atoms with Crippen LogP contribution in [0.5, 0.6) is 5.75 Å². The molecule has 2 aromatic rings. The zero-order valence-electron chi connectivity index (χ0n) is 12.3. The van der Waals surface area contributed by atoms with Crippen LogP contribution >= 0.6 is 12.4 Å². The van der Waals surface area contributed by atoms with Crippen LogP contribution in [0, 0.1) is 6.92 Å². The summed E-state index contributed by atoms with van der Waals surface area (Å²) in [6, 6.07) is 8.97. The summed E-state index contributed by atoms with van der Waals surface area (Å²) in [4.78, 5) is 15.9. The molecule has 112 valence electrons. The summed E-state index contributed by atoms with van der Waals surface area (Å²) in [5.41, 5.74) is 2.33. The van der Waals surface area contributed by atoms with Crippen LogP contribution in [0.25, 0.3) is 0 Å². The van der Waals surface area contributed by atoms with Crippen molar-refractivity contribution in [1.29, 1.82) is 0 Å². The maximum Gasteiger partial charge on any atom is 0.255 e. The van der Waals surface area contributed by atoms with E-state index in [9.17, 15) is 4.79 Å². The highest BCUT2D eigenvalue weighted by atomic mass is 35.5. The summed E-state index contributed by atoms with van der Waals surface area (Å²) in [5, 5.41) is 2.86. The quantitative estimate of drug-likeness (QED) is 0.933. The van der Waals surface area contributed by atoms with Crippen molar-refractivity contribution >= 4 is 24.0 Å². The molecule has 0 radical (unpaired) electrons. The van der Waals surface area contributed by atoms with Crippen LogP contribution < -0.4 is 10.1 Å². The summed E-state index contributed by atoms with van der Waals surface area (Å²) in [6.07, 6.45) is 3.32. The van der Waals surface area contributed by atoms with Crippen LogP contribution in [0.4, 0.5) is 5.69 Å². The van der Waals surface area contributed by atoms with E-state index in [1.54, 1.807) is 24.5 Å². The topological polar surface area (TPSA) is 51.2 Å². The molecule has 0 spiro atoms. The van der Waals surface area contributed by atoms with Gasteiger partial charge in [0.05, 0.1) is 6.10 Å². The highest BCUT2D eigenvalue weighted by Crippen LogP contribution is 2.23. The smallest absolute Gasteiger partial charge is 0.255 e. The number of carbonyl (C=O) groups is 1. The number of hydrogen-bond donors (Lipinski definition) is 1. The van der Waals surface area contributed by atoms with Gasteiger partial charge >= 0.3 is 0 Å². The van der Waals surface area contributed by atoms with Gasteiger partial charge in [0.2, 0.25) is 0 Å². The van der Waals surface area contributed by atoms with Crippen LogP contribution in [-0.2, 0) is 0 Å². The monoisotopic (exact) mass is 306 g/mol. The van der Waals surface area contributed by atoms with Crippen molar-refractivity contribution in [1.82, 2.24) is 4.98 Å². The molecule has 1 aromatic carbocycles. The number of carbonyl (C=O) groups excluding carboxylic acids is 1. The number of rotatable bonds is 4. The van der Waals surface area contributed by atoms with E-state index in [-0.39, 0.29) is 24.4 Å². The first-order chi connectivity index (χ1) is 9.56. The van der Waals surface area contributed by atoms with Crippen molar-refractivity contribution in [2.75, 3.05) is 5.32 Å². The molecular formula is C16H19ClN2O2. The molecular weight excluding hydrogens is 288 g/mol. The number of halogens is 1. The molecule has 0 atom stereocenters. The number of aromatic nitrogens is 1. The Bertz CT molecular complexity index is 600. The zero-order chi connectivity index (χ0) is 14.5. The second-order valence-corrected chi connectivity index (χ2v) is 4.84. The fourth-order valence-electron chi connectivity index (χ4n) is 1.82. The van der Waals surface area contributed by atoms with Crippen molar-refractivity contribution in [3.8, 4) is 5.75 Å². The minimum absolute atomic E-state index is 0. The third-order valence-electron chi connectivity index (χ3n) is 2.74. The lowest BCUT2D eigenvalue weighted by Gasteiger charge is -2.13. The molecule has 0 aliphatic rings. The van der Waals surface area contributed by atoms with Gasteiger partial charge in [0.15, 0.2) is 0 Å². The molecule has 21 heavy (non-hydrogen) atoms. The molecule has 0 aliphatic carbocycles. The second kappa shape index (κ2) is 7.64. The van der Waals surface area contributed by atoms with E-state index < -0.39 is 0 Å². The minimum Gasteiger partial charge on any atom is -0.491 e. The molecule has 5 heteroatoms. The molecule has 2 rings (SSSR count).